The Morgan fingerprint density at radius 1 is 1.42 bits per heavy atom. The van der Waals surface area contributed by atoms with E-state index in [0.29, 0.717) is 0 Å². The van der Waals surface area contributed by atoms with E-state index in [9.17, 15) is 4.79 Å². The zero-order valence-electron chi connectivity index (χ0n) is 8.35. The fourth-order valence-corrected chi connectivity index (χ4v) is 1.33. The van der Waals surface area contributed by atoms with Gasteiger partial charge in [0.2, 0.25) is 0 Å². The molecular formula is C5H14NNaO2S3. The van der Waals surface area contributed by atoms with Gasteiger partial charge in [0.1, 0.15) is 0 Å². The molecule has 0 saturated carbocycles. The number of rotatable bonds is 2. The summed E-state index contributed by atoms with van der Waals surface area (Å²) in [6.45, 7) is 3.37. The Labute approximate surface area is 114 Å². The molecule has 12 heavy (non-hydrogen) atoms. The van der Waals surface area contributed by atoms with Crippen LogP contribution in [0.25, 0.3) is 0 Å². The molecule has 3 nitrogen and oxygen atoms in total. The van der Waals surface area contributed by atoms with E-state index in [-0.39, 0.29) is 55.2 Å². The molecule has 0 spiro atoms. The maximum Gasteiger partial charge on any atom is 1.00 e. The molecule has 70 valence electrons. The van der Waals surface area contributed by atoms with Gasteiger partial charge in [-0.1, -0.05) is 0 Å². The molecule has 7 heteroatoms. The van der Waals surface area contributed by atoms with E-state index < -0.39 is 6.09 Å². The Hall–Kier alpha value is 1.32. The van der Waals surface area contributed by atoms with Gasteiger partial charge in [-0.25, -0.2) is 4.79 Å². The molecule has 2 unspecified atom stereocenters. The van der Waals surface area contributed by atoms with Crippen LogP contribution in [-0.4, -0.2) is 26.8 Å². The molecule has 0 bridgehead atoms. The third-order valence-corrected chi connectivity index (χ3v) is 1.52. The van der Waals surface area contributed by atoms with Crippen molar-refractivity contribution in [3.63, 3.8) is 0 Å². The minimum Gasteiger partial charge on any atom is -1.00 e. The molecule has 1 amide bonds. The molecule has 0 rings (SSSR count). The zero-order chi connectivity index (χ0) is 8.31. The quantitative estimate of drug-likeness (QED) is 0.320. The summed E-state index contributed by atoms with van der Waals surface area (Å²) in [7, 11) is 0. The normalized spacial score (nSPS) is 13.3. The van der Waals surface area contributed by atoms with E-state index in [4.69, 9.17) is 5.11 Å². The molecule has 0 fully saturated rings. The zero-order valence-corrected chi connectivity index (χ0v) is 12.1. The average Bonchev–Trinajstić information content (AvgIpc) is 1.59. The summed E-state index contributed by atoms with van der Waals surface area (Å²) < 4.78 is 0. The second-order valence-corrected chi connectivity index (χ2v) is 3.45. The summed E-state index contributed by atoms with van der Waals surface area (Å²) >= 11 is 7.94. The SMILES string of the molecule is CC(S)N(C(=O)O)C(C)S.S.[H-].[Na+]. The molecule has 0 aromatic rings. The minimum atomic E-state index is -0.995. The Balaban J connectivity index is -0.000000135. The monoisotopic (exact) mass is 239 g/mol. The van der Waals surface area contributed by atoms with E-state index in [0.717, 1.165) is 4.90 Å². The summed E-state index contributed by atoms with van der Waals surface area (Å²) in [5.41, 5.74) is 0. The number of carboxylic acid groups (broad SMARTS) is 1. The molecule has 1 N–H and O–H groups in total. The number of hydrogen-bond donors (Lipinski definition) is 3. The fraction of sp³-hybridized carbons (Fsp3) is 0.800. The van der Waals surface area contributed by atoms with Gasteiger partial charge in [-0.15, -0.1) is 0 Å². The standard InChI is InChI=1S/C5H11NO2S2.Na.H2S.H/c1-3(9)6(4(2)10)5(7)8;;;/h3-4,9-10H,1-2H3,(H,7,8);;1H2;/q;+1;;-1. The summed E-state index contributed by atoms with van der Waals surface area (Å²) in [4.78, 5) is 11.6. The van der Waals surface area contributed by atoms with Gasteiger partial charge in [-0.2, -0.15) is 38.8 Å². The molecule has 0 aliphatic heterocycles. The van der Waals surface area contributed by atoms with Gasteiger partial charge in [0.15, 0.2) is 0 Å². The largest absolute Gasteiger partial charge is 1.00 e. The Bertz CT molecular complexity index is 131. The average molecular weight is 239 g/mol. The summed E-state index contributed by atoms with van der Waals surface area (Å²) in [6, 6.07) is 0. The Kier molecular flexibility index (Phi) is 14.1. The van der Waals surface area contributed by atoms with Crippen LogP contribution in [0.5, 0.6) is 0 Å². The minimum absolute atomic E-state index is 0. The molecule has 2 atom stereocenters. The van der Waals surface area contributed by atoms with Gasteiger partial charge >= 0.3 is 35.7 Å². The van der Waals surface area contributed by atoms with Crippen LogP contribution in [-0.2, 0) is 0 Å². The third-order valence-electron chi connectivity index (χ3n) is 1.03. The van der Waals surface area contributed by atoms with Crippen LogP contribution >= 0.6 is 38.8 Å². The number of amides is 1. The molecule has 0 aliphatic rings. The second-order valence-electron chi connectivity index (χ2n) is 1.95. The fourth-order valence-electron chi connectivity index (χ4n) is 0.632. The van der Waals surface area contributed by atoms with Crippen LogP contribution in [0.3, 0.4) is 0 Å². The van der Waals surface area contributed by atoms with Crippen LogP contribution in [0.15, 0.2) is 0 Å². The van der Waals surface area contributed by atoms with Crippen molar-refractivity contribution in [2.45, 2.75) is 24.6 Å². The first-order valence-corrected chi connectivity index (χ1v) is 3.87. The first kappa shape index (κ1) is 19.0. The number of hydrogen-bond acceptors (Lipinski definition) is 3. The molecule has 0 heterocycles. The Morgan fingerprint density at radius 3 is 1.67 bits per heavy atom. The maximum atomic E-state index is 10.4. The maximum absolute atomic E-state index is 10.4. The summed E-state index contributed by atoms with van der Waals surface area (Å²) in [5, 5.41) is 7.91. The molecule has 0 aromatic carbocycles. The van der Waals surface area contributed by atoms with Crippen LogP contribution in [0, 0.1) is 0 Å². The van der Waals surface area contributed by atoms with E-state index in [2.05, 4.69) is 25.3 Å². The molecular weight excluding hydrogens is 225 g/mol. The summed E-state index contributed by atoms with van der Waals surface area (Å²) in [5.74, 6) is 0. The van der Waals surface area contributed by atoms with Gasteiger partial charge in [0, 0.05) is 0 Å². The molecule has 0 radical (unpaired) electrons. The number of thiol groups is 2. The predicted molar refractivity (Wildman–Crippen MR) is 58.3 cm³/mol. The smallest absolute Gasteiger partial charge is 1.00 e. The van der Waals surface area contributed by atoms with Crippen LogP contribution in [0.1, 0.15) is 15.3 Å². The van der Waals surface area contributed by atoms with Crippen LogP contribution in [0.4, 0.5) is 4.79 Å². The number of nitrogens with zero attached hydrogens (tertiary/aromatic N) is 1. The predicted octanol–water partition coefficient (Wildman–Crippen LogP) is -1.25. The van der Waals surface area contributed by atoms with Gasteiger partial charge in [0.05, 0.1) is 10.7 Å². The third kappa shape index (κ3) is 6.80. The van der Waals surface area contributed by atoms with Gasteiger partial charge in [-0.3, -0.25) is 4.90 Å². The summed E-state index contributed by atoms with van der Waals surface area (Å²) in [6.07, 6.45) is -0.995. The number of carbonyl (C=O) groups is 1. The van der Waals surface area contributed by atoms with E-state index in [1.54, 1.807) is 13.8 Å². The van der Waals surface area contributed by atoms with Gasteiger partial charge in [-0.05, 0) is 13.8 Å². The van der Waals surface area contributed by atoms with Gasteiger partial charge < -0.3 is 6.53 Å². The topological polar surface area (TPSA) is 40.5 Å². The van der Waals surface area contributed by atoms with E-state index >= 15 is 0 Å². The molecule has 0 saturated heterocycles. The van der Waals surface area contributed by atoms with Crippen molar-refractivity contribution in [2.75, 3.05) is 0 Å². The first-order chi connectivity index (χ1) is 4.46. The van der Waals surface area contributed by atoms with Crippen molar-refractivity contribution < 1.29 is 40.9 Å². The van der Waals surface area contributed by atoms with Crippen LogP contribution in [0.2, 0.25) is 0 Å². The van der Waals surface area contributed by atoms with E-state index in [1.165, 1.54) is 0 Å². The second kappa shape index (κ2) is 8.90. The van der Waals surface area contributed by atoms with Crippen LogP contribution < -0.4 is 29.6 Å². The van der Waals surface area contributed by atoms with Crippen molar-refractivity contribution in [2.24, 2.45) is 0 Å². The van der Waals surface area contributed by atoms with Crippen molar-refractivity contribution in [3.05, 3.63) is 0 Å². The molecule has 0 aromatic heterocycles. The van der Waals surface area contributed by atoms with Gasteiger partial charge in [0.25, 0.3) is 0 Å². The van der Waals surface area contributed by atoms with Crippen molar-refractivity contribution in [3.8, 4) is 0 Å². The molecule has 0 aliphatic carbocycles. The van der Waals surface area contributed by atoms with Crippen molar-refractivity contribution in [1.82, 2.24) is 4.90 Å². The van der Waals surface area contributed by atoms with E-state index in [1.807, 2.05) is 0 Å². The Morgan fingerprint density at radius 2 is 1.67 bits per heavy atom. The first-order valence-electron chi connectivity index (χ1n) is 2.84. The van der Waals surface area contributed by atoms with Crippen molar-refractivity contribution >= 4 is 44.8 Å². The van der Waals surface area contributed by atoms with Crippen molar-refractivity contribution in [1.29, 1.82) is 0 Å².